The van der Waals surface area contributed by atoms with Gasteiger partial charge in [-0.3, -0.25) is 4.90 Å². The van der Waals surface area contributed by atoms with Crippen LogP contribution in [0.4, 0.5) is 0 Å². The summed E-state index contributed by atoms with van der Waals surface area (Å²) >= 11 is 0. The van der Waals surface area contributed by atoms with Crippen LogP contribution in [0.2, 0.25) is 0 Å². The molecule has 0 saturated carbocycles. The zero-order valence-corrected chi connectivity index (χ0v) is 21.1. The van der Waals surface area contributed by atoms with Crippen LogP contribution in [0.25, 0.3) is 0 Å². The number of nitrogens with zero attached hydrogens (tertiary/aromatic N) is 1. The summed E-state index contributed by atoms with van der Waals surface area (Å²) < 4.78 is 23.2. The highest BCUT2D eigenvalue weighted by molar-refractivity contribution is 5.44. The van der Waals surface area contributed by atoms with Crippen LogP contribution in [0.5, 0.6) is 23.0 Å². The zero-order chi connectivity index (χ0) is 25.2. The van der Waals surface area contributed by atoms with Gasteiger partial charge in [-0.25, -0.2) is 0 Å². The molecule has 0 amide bonds. The molecule has 0 atom stereocenters. The predicted molar refractivity (Wildman–Crippen MR) is 143 cm³/mol. The molecule has 0 aromatic heterocycles. The first-order valence-corrected chi connectivity index (χ1v) is 12.0. The Hall–Kier alpha value is -3.96. The Labute approximate surface area is 213 Å². The fraction of sp³-hybridized carbons (Fsp3) is 0.226. The van der Waals surface area contributed by atoms with Crippen LogP contribution in [-0.4, -0.2) is 26.2 Å². The molecule has 5 nitrogen and oxygen atoms in total. The quantitative estimate of drug-likeness (QED) is 0.230. The normalized spacial score (nSPS) is 10.8. The Morgan fingerprint density at radius 1 is 0.500 bits per heavy atom. The molecule has 0 saturated heterocycles. The van der Waals surface area contributed by atoms with Gasteiger partial charge < -0.3 is 18.9 Å². The molecule has 0 spiro atoms. The summed E-state index contributed by atoms with van der Waals surface area (Å²) in [6.07, 6.45) is 0. The van der Waals surface area contributed by atoms with Crippen LogP contribution in [0.1, 0.15) is 22.3 Å². The van der Waals surface area contributed by atoms with Crippen LogP contribution < -0.4 is 18.9 Å². The van der Waals surface area contributed by atoms with Crippen molar-refractivity contribution in [1.82, 2.24) is 4.90 Å². The highest BCUT2D eigenvalue weighted by Crippen LogP contribution is 2.31. The van der Waals surface area contributed by atoms with Crippen molar-refractivity contribution in [2.75, 3.05) is 21.3 Å². The number of ether oxygens (including phenoxy) is 4. The molecule has 0 fully saturated rings. The number of methoxy groups -OCH3 is 2. The molecule has 0 aliphatic heterocycles. The van der Waals surface area contributed by atoms with Gasteiger partial charge in [0.25, 0.3) is 0 Å². The van der Waals surface area contributed by atoms with Gasteiger partial charge in [-0.2, -0.15) is 0 Å². The van der Waals surface area contributed by atoms with Gasteiger partial charge in [-0.15, -0.1) is 0 Å². The molecule has 0 heterocycles. The summed E-state index contributed by atoms with van der Waals surface area (Å²) in [6.45, 7) is 2.53. The number of hydrogen-bond donors (Lipinski definition) is 0. The van der Waals surface area contributed by atoms with E-state index in [9.17, 15) is 0 Å². The number of benzene rings is 4. The summed E-state index contributed by atoms with van der Waals surface area (Å²) in [5.41, 5.74) is 4.54. The molecule has 0 aliphatic rings. The van der Waals surface area contributed by atoms with Gasteiger partial charge in [-0.1, -0.05) is 72.8 Å². The predicted octanol–water partition coefficient (Wildman–Crippen LogP) is 6.49. The van der Waals surface area contributed by atoms with Gasteiger partial charge >= 0.3 is 0 Å². The second-order valence-corrected chi connectivity index (χ2v) is 8.69. The summed E-state index contributed by atoms with van der Waals surface area (Å²) in [6, 6.07) is 32.4. The van der Waals surface area contributed by atoms with E-state index in [0.717, 1.165) is 58.3 Å². The van der Waals surface area contributed by atoms with Gasteiger partial charge in [0, 0.05) is 13.1 Å². The fourth-order valence-electron chi connectivity index (χ4n) is 4.01. The topological polar surface area (TPSA) is 40.2 Å². The summed E-state index contributed by atoms with van der Waals surface area (Å²) in [4.78, 5) is 2.25. The molecular formula is C31H33NO4. The third kappa shape index (κ3) is 7.03. The first-order valence-electron chi connectivity index (χ1n) is 12.0. The molecule has 4 aromatic carbocycles. The third-order valence-electron chi connectivity index (χ3n) is 5.84. The zero-order valence-electron chi connectivity index (χ0n) is 21.1. The van der Waals surface area contributed by atoms with E-state index in [1.807, 2.05) is 66.7 Å². The lowest BCUT2D eigenvalue weighted by atomic mass is 10.1. The Morgan fingerprint density at radius 2 is 0.972 bits per heavy atom. The Bertz CT molecular complexity index is 1230. The lowest BCUT2D eigenvalue weighted by Gasteiger charge is -2.19. The minimum absolute atomic E-state index is 0.495. The molecule has 4 rings (SSSR count). The maximum Gasteiger partial charge on any atom is 0.161 e. The SMILES string of the molecule is COc1cc(CN(C)Cc2ccc(OC)c(OCc3ccccc3)c2)ccc1OCc1ccccc1. The molecule has 0 unspecified atom stereocenters. The second kappa shape index (κ2) is 12.7. The van der Waals surface area contributed by atoms with Crippen molar-refractivity contribution in [2.24, 2.45) is 0 Å². The maximum atomic E-state index is 6.08. The largest absolute Gasteiger partial charge is 0.493 e. The van der Waals surface area contributed by atoms with Crippen molar-refractivity contribution < 1.29 is 18.9 Å². The molecule has 0 bridgehead atoms. The van der Waals surface area contributed by atoms with Gasteiger partial charge in [0.1, 0.15) is 13.2 Å². The molecule has 4 aromatic rings. The first kappa shape index (κ1) is 25.1. The van der Waals surface area contributed by atoms with E-state index in [2.05, 4.69) is 42.3 Å². The smallest absolute Gasteiger partial charge is 0.161 e. The highest BCUT2D eigenvalue weighted by atomic mass is 16.5. The van der Waals surface area contributed by atoms with Crippen molar-refractivity contribution in [3.63, 3.8) is 0 Å². The van der Waals surface area contributed by atoms with E-state index in [0.29, 0.717) is 13.2 Å². The minimum Gasteiger partial charge on any atom is -0.493 e. The van der Waals surface area contributed by atoms with Crippen molar-refractivity contribution in [3.8, 4) is 23.0 Å². The Balaban J connectivity index is 1.37. The lowest BCUT2D eigenvalue weighted by Crippen LogP contribution is -2.17. The summed E-state index contributed by atoms with van der Waals surface area (Å²) in [7, 11) is 5.44. The molecular weight excluding hydrogens is 450 g/mol. The van der Waals surface area contributed by atoms with Crippen LogP contribution in [0.3, 0.4) is 0 Å². The van der Waals surface area contributed by atoms with Crippen molar-refractivity contribution in [2.45, 2.75) is 26.3 Å². The Morgan fingerprint density at radius 3 is 1.50 bits per heavy atom. The van der Waals surface area contributed by atoms with E-state index in [-0.39, 0.29) is 0 Å². The van der Waals surface area contributed by atoms with Crippen molar-refractivity contribution >= 4 is 0 Å². The standard InChI is InChI=1S/C31H33NO4/c1-32(20-26-15-17-29(30(18-26)34-3)35-22-24-10-6-4-7-11-24)21-27-14-16-28(33-2)31(19-27)36-23-25-12-8-5-9-13-25/h4-19H,20-23H2,1-3H3. The molecule has 0 radical (unpaired) electrons. The average molecular weight is 484 g/mol. The Kier molecular flexibility index (Phi) is 8.84. The van der Waals surface area contributed by atoms with Crippen LogP contribution in [0, 0.1) is 0 Å². The van der Waals surface area contributed by atoms with Crippen molar-refractivity contribution in [3.05, 3.63) is 119 Å². The first-order chi connectivity index (χ1) is 17.6. The summed E-state index contributed by atoms with van der Waals surface area (Å²) in [5, 5.41) is 0. The maximum absolute atomic E-state index is 6.08. The van der Waals surface area contributed by atoms with E-state index in [1.165, 1.54) is 0 Å². The van der Waals surface area contributed by atoms with Crippen LogP contribution in [0.15, 0.2) is 97.1 Å². The highest BCUT2D eigenvalue weighted by Gasteiger charge is 2.11. The fourth-order valence-corrected chi connectivity index (χ4v) is 4.01. The summed E-state index contributed by atoms with van der Waals surface area (Å²) in [5.74, 6) is 2.95. The van der Waals surface area contributed by atoms with E-state index in [1.54, 1.807) is 14.2 Å². The van der Waals surface area contributed by atoms with Crippen molar-refractivity contribution in [1.29, 1.82) is 0 Å². The second-order valence-electron chi connectivity index (χ2n) is 8.69. The van der Waals surface area contributed by atoms with Crippen LogP contribution >= 0.6 is 0 Å². The van der Waals surface area contributed by atoms with Gasteiger partial charge in [0.2, 0.25) is 0 Å². The molecule has 5 heteroatoms. The number of rotatable bonds is 12. The van der Waals surface area contributed by atoms with E-state index < -0.39 is 0 Å². The lowest BCUT2D eigenvalue weighted by molar-refractivity contribution is 0.280. The third-order valence-corrected chi connectivity index (χ3v) is 5.84. The average Bonchev–Trinajstić information content (AvgIpc) is 2.92. The molecule has 0 N–H and O–H groups in total. The monoisotopic (exact) mass is 483 g/mol. The van der Waals surface area contributed by atoms with E-state index in [4.69, 9.17) is 18.9 Å². The van der Waals surface area contributed by atoms with E-state index >= 15 is 0 Å². The number of hydrogen-bond acceptors (Lipinski definition) is 5. The van der Waals surface area contributed by atoms with Gasteiger partial charge in [0.05, 0.1) is 14.2 Å². The van der Waals surface area contributed by atoms with Crippen LogP contribution in [-0.2, 0) is 26.3 Å². The molecule has 0 aliphatic carbocycles. The minimum atomic E-state index is 0.495. The van der Waals surface area contributed by atoms with Gasteiger partial charge in [0.15, 0.2) is 23.0 Å². The molecule has 36 heavy (non-hydrogen) atoms. The molecule has 186 valence electrons. The van der Waals surface area contributed by atoms with Gasteiger partial charge in [-0.05, 0) is 53.6 Å².